The molecule has 2 N–H and O–H groups in total. The summed E-state index contributed by atoms with van der Waals surface area (Å²) in [6.45, 7) is 0.0915. The van der Waals surface area contributed by atoms with Crippen LogP contribution >= 0.6 is 0 Å². The predicted molar refractivity (Wildman–Crippen MR) is 75.3 cm³/mol. The smallest absolute Gasteiger partial charge is 0.246 e. The summed E-state index contributed by atoms with van der Waals surface area (Å²) in [6, 6.07) is 6.83. The normalized spacial score (nSPS) is 15.5. The highest BCUT2D eigenvalue weighted by molar-refractivity contribution is 7.89. The van der Waals surface area contributed by atoms with Crippen LogP contribution in [0.25, 0.3) is 0 Å². The van der Waals surface area contributed by atoms with Gasteiger partial charge in [-0.1, -0.05) is 0 Å². The third-order valence-electron chi connectivity index (χ3n) is 3.39. The lowest BCUT2D eigenvalue weighted by Gasteiger charge is -2.21. The Balaban J connectivity index is 1.99. The van der Waals surface area contributed by atoms with Gasteiger partial charge in [0.2, 0.25) is 10.0 Å². The van der Waals surface area contributed by atoms with Crippen molar-refractivity contribution in [1.29, 1.82) is 0 Å². The molecule has 0 saturated heterocycles. The zero-order chi connectivity index (χ0) is 15.0. The maximum atomic E-state index is 13.9. The average Bonchev–Trinajstić information content (AvgIpc) is 3.14. The van der Waals surface area contributed by atoms with Gasteiger partial charge in [0, 0.05) is 11.7 Å². The summed E-state index contributed by atoms with van der Waals surface area (Å²) < 4.78 is 45.8. The molecule has 1 aliphatic carbocycles. The molecule has 0 spiro atoms. The van der Waals surface area contributed by atoms with Crippen molar-refractivity contribution in [1.82, 2.24) is 4.31 Å². The maximum absolute atomic E-state index is 13.9. The van der Waals surface area contributed by atoms with Crippen LogP contribution in [0.2, 0.25) is 0 Å². The summed E-state index contributed by atoms with van der Waals surface area (Å²) in [5.74, 6) is -0.274. The number of nitrogens with zero attached hydrogens (tertiary/aromatic N) is 1. The summed E-state index contributed by atoms with van der Waals surface area (Å²) in [4.78, 5) is -0.388. The molecule has 21 heavy (non-hydrogen) atoms. The van der Waals surface area contributed by atoms with Crippen molar-refractivity contribution >= 4 is 15.7 Å². The lowest BCUT2D eigenvalue weighted by atomic mass is 10.3. The van der Waals surface area contributed by atoms with E-state index in [1.807, 2.05) is 0 Å². The van der Waals surface area contributed by atoms with E-state index in [4.69, 9.17) is 10.2 Å². The molecule has 112 valence electrons. The van der Waals surface area contributed by atoms with Crippen molar-refractivity contribution < 1.29 is 17.2 Å². The first-order valence-electron chi connectivity index (χ1n) is 6.58. The summed E-state index contributed by atoms with van der Waals surface area (Å²) >= 11 is 0. The first-order chi connectivity index (χ1) is 9.98. The number of rotatable bonds is 5. The zero-order valence-corrected chi connectivity index (χ0v) is 12.0. The van der Waals surface area contributed by atoms with Crippen molar-refractivity contribution in [2.24, 2.45) is 0 Å². The highest BCUT2D eigenvalue weighted by Gasteiger charge is 2.39. The molecule has 0 atom stereocenters. The molecule has 0 bridgehead atoms. The number of hydrogen-bond donors (Lipinski definition) is 1. The number of furan rings is 1. The van der Waals surface area contributed by atoms with E-state index in [1.165, 1.54) is 16.6 Å². The molecule has 0 aliphatic heterocycles. The molecule has 1 heterocycles. The van der Waals surface area contributed by atoms with Crippen LogP contribution in [0.3, 0.4) is 0 Å². The fourth-order valence-electron chi connectivity index (χ4n) is 2.17. The van der Waals surface area contributed by atoms with Gasteiger partial charge in [0.15, 0.2) is 0 Å². The Morgan fingerprint density at radius 3 is 2.71 bits per heavy atom. The second kappa shape index (κ2) is 5.16. The van der Waals surface area contributed by atoms with Gasteiger partial charge < -0.3 is 10.2 Å². The molecule has 0 amide bonds. The number of nitrogens with two attached hydrogens (primary N) is 1. The van der Waals surface area contributed by atoms with Crippen LogP contribution in [0.5, 0.6) is 0 Å². The van der Waals surface area contributed by atoms with E-state index < -0.39 is 15.8 Å². The van der Waals surface area contributed by atoms with Gasteiger partial charge in [0.25, 0.3) is 0 Å². The third-order valence-corrected chi connectivity index (χ3v) is 5.30. The molecule has 1 fully saturated rings. The Morgan fingerprint density at radius 1 is 1.33 bits per heavy atom. The van der Waals surface area contributed by atoms with Crippen molar-refractivity contribution in [2.75, 3.05) is 5.73 Å². The van der Waals surface area contributed by atoms with Crippen LogP contribution in [0.4, 0.5) is 10.1 Å². The number of sulfonamides is 1. The minimum atomic E-state index is -3.95. The van der Waals surface area contributed by atoms with Gasteiger partial charge in [0.1, 0.15) is 16.5 Å². The summed E-state index contributed by atoms with van der Waals surface area (Å²) in [6.07, 6.45) is 3.02. The molecule has 1 aromatic carbocycles. The zero-order valence-electron chi connectivity index (χ0n) is 11.2. The van der Waals surface area contributed by atoms with Crippen molar-refractivity contribution in [3.05, 3.63) is 48.2 Å². The third kappa shape index (κ3) is 2.79. The lowest BCUT2D eigenvalue weighted by Crippen LogP contribution is -2.33. The van der Waals surface area contributed by atoms with Crippen LogP contribution in [0.1, 0.15) is 18.6 Å². The molecule has 2 aromatic rings. The van der Waals surface area contributed by atoms with Crippen LogP contribution in [0.15, 0.2) is 45.9 Å². The Hall–Kier alpha value is -1.86. The number of nitrogen functional groups attached to an aromatic ring is 1. The average molecular weight is 310 g/mol. The van der Waals surface area contributed by atoms with E-state index in [0.717, 1.165) is 25.0 Å². The first kappa shape index (κ1) is 14.1. The predicted octanol–water partition coefficient (Wildman–Crippen LogP) is 2.35. The van der Waals surface area contributed by atoms with E-state index in [9.17, 15) is 12.8 Å². The highest BCUT2D eigenvalue weighted by atomic mass is 32.2. The number of halogens is 1. The second-order valence-electron chi connectivity index (χ2n) is 5.05. The van der Waals surface area contributed by atoms with Crippen molar-refractivity contribution in [3.8, 4) is 0 Å². The molecule has 5 nitrogen and oxygen atoms in total. The largest absolute Gasteiger partial charge is 0.468 e. The highest BCUT2D eigenvalue weighted by Crippen LogP contribution is 2.34. The van der Waals surface area contributed by atoms with E-state index in [2.05, 4.69) is 0 Å². The van der Waals surface area contributed by atoms with E-state index in [0.29, 0.717) is 5.76 Å². The topological polar surface area (TPSA) is 76.5 Å². The molecule has 0 unspecified atom stereocenters. The van der Waals surface area contributed by atoms with Gasteiger partial charge in [-0.25, -0.2) is 12.8 Å². The van der Waals surface area contributed by atoms with Gasteiger partial charge in [-0.3, -0.25) is 0 Å². The number of anilines is 1. The minimum absolute atomic E-state index is 0.0915. The van der Waals surface area contributed by atoms with E-state index in [-0.39, 0.29) is 23.2 Å². The van der Waals surface area contributed by atoms with Crippen molar-refractivity contribution in [3.63, 3.8) is 0 Å². The standard InChI is InChI=1S/C14H15FN2O3S/c15-13-6-3-10(16)8-14(13)21(18,19)17(11-4-5-11)9-12-2-1-7-20-12/h1-3,6-8,11H,4-5,9,16H2. The van der Waals surface area contributed by atoms with Crippen LogP contribution in [-0.4, -0.2) is 18.8 Å². The van der Waals surface area contributed by atoms with Crippen LogP contribution < -0.4 is 5.73 Å². The Kier molecular flexibility index (Phi) is 3.46. The van der Waals surface area contributed by atoms with Gasteiger partial charge in [0.05, 0.1) is 12.8 Å². The van der Waals surface area contributed by atoms with Gasteiger partial charge in [-0.2, -0.15) is 4.31 Å². The second-order valence-corrected chi connectivity index (χ2v) is 6.91. The molecule has 3 rings (SSSR count). The van der Waals surface area contributed by atoms with Crippen molar-refractivity contribution in [2.45, 2.75) is 30.3 Å². The van der Waals surface area contributed by atoms with E-state index >= 15 is 0 Å². The van der Waals surface area contributed by atoms with E-state index in [1.54, 1.807) is 12.1 Å². The Bertz CT molecular complexity index is 740. The Labute approximate surface area is 122 Å². The molecule has 0 radical (unpaired) electrons. The lowest BCUT2D eigenvalue weighted by molar-refractivity contribution is 0.355. The molecule has 1 aliphatic rings. The molecular formula is C14H15FN2O3S. The Morgan fingerprint density at radius 2 is 2.10 bits per heavy atom. The van der Waals surface area contributed by atoms with Gasteiger partial charge in [-0.15, -0.1) is 0 Å². The summed E-state index contributed by atoms with van der Waals surface area (Å²) in [5, 5.41) is 0. The quantitative estimate of drug-likeness (QED) is 0.860. The molecule has 1 aromatic heterocycles. The first-order valence-corrected chi connectivity index (χ1v) is 8.02. The maximum Gasteiger partial charge on any atom is 0.246 e. The van der Waals surface area contributed by atoms with Gasteiger partial charge in [-0.05, 0) is 43.2 Å². The fourth-order valence-corrected chi connectivity index (χ4v) is 3.93. The fraction of sp³-hybridized carbons (Fsp3) is 0.286. The summed E-state index contributed by atoms with van der Waals surface area (Å²) in [5.41, 5.74) is 5.80. The van der Waals surface area contributed by atoms with Crippen LogP contribution in [-0.2, 0) is 16.6 Å². The molecule has 7 heteroatoms. The van der Waals surface area contributed by atoms with Gasteiger partial charge >= 0.3 is 0 Å². The minimum Gasteiger partial charge on any atom is -0.468 e. The number of hydrogen-bond acceptors (Lipinski definition) is 4. The monoisotopic (exact) mass is 310 g/mol. The summed E-state index contributed by atoms with van der Waals surface area (Å²) in [7, 11) is -3.95. The van der Waals surface area contributed by atoms with Crippen LogP contribution in [0, 0.1) is 5.82 Å². The number of benzene rings is 1. The SMILES string of the molecule is Nc1ccc(F)c(S(=O)(=O)N(Cc2ccco2)C2CC2)c1. The molecule has 1 saturated carbocycles. The molecular weight excluding hydrogens is 295 g/mol.